The van der Waals surface area contributed by atoms with Crippen molar-refractivity contribution in [1.29, 1.82) is 0 Å². The zero-order valence-electron chi connectivity index (χ0n) is 23.2. The van der Waals surface area contributed by atoms with Gasteiger partial charge in [-0.05, 0) is 45.1 Å². The Balaban J connectivity index is 2.24. The van der Waals surface area contributed by atoms with E-state index in [0.717, 1.165) is 25.9 Å². The second-order valence-electron chi connectivity index (χ2n) is 9.65. The lowest BCUT2D eigenvalue weighted by atomic mass is 10.1. The lowest BCUT2D eigenvalue weighted by molar-refractivity contribution is 0.0919. The van der Waals surface area contributed by atoms with Crippen molar-refractivity contribution >= 4 is 23.6 Å². The smallest absolute Gasteiger partial charge is 0.412 e. The van der Waals surface area contributed by atoms with Gasteiger partial charge in [0.2, 0.25) is 0 Å². The predicted molar refractivity (Wildman–Crippen MR) is 148 cm³/mol. The maximum Gasteiger partial charge on any atom is 0.412 e. The molecule has 0 radical (unpaired) electrons. The topological polar surface area (TPSA) is 83.1 Å². The van der Waals surface area contributed by atoms with Gasteiger partial charge in [0.25, 0.3) is 0 Å². The number of nitrogens with one attached hydrogen (secondary N) is 2. The molecule has 206 valence electrons. The molecule has 0 aliphatic carbocycles. The molecule has 0 bridgehead atoms. The lowest BCUT2D eigenvalue weighted by Crippen LogP contribution is -2.27. The van der Waals surface area contributed by atoms with Gasteiger partial charge < -0.3 is 9.47 Å². The summed E-state index contributed by atoms with van der Waals surface area (Å²) in [5.41, 5.74) is 1.08. The van der Waals surface area contributed by atoms with E-state index in [1.54, 1.807) is 24.3 Å². The fraction of sp³-hybridized carbons (Fsp3) is 0.714. The minimum absolute atomic E-state index is 0.233. The molecule has 1 aromatic carbocycles. The fourth-order valence-electron chi connectivity index (χ4n) is 3.77. The van der Waals surface area contributed by atoms with Crippen LogP contribution in [-0.2, 0) is 9.47 Å². The van der Waals surface area contributed by atoms with Gasteiger partial charge in [-0.1, -0.05) is 84.1 Å². The van der Waals surface area contributed by atoms with E-state index in [2.05, 4.69) is 24.5 Å². The first-order chi connectivity index (χ1) is 17.4. The third-order valence-electron chi connectivity index (χ3n) is 5.97. The predicted octanol–water partition coefficient (Wildman–Crippen LogP) is 7.28. The first-order valence-corrected chi connectivity index (χ1v) is 13.8. The van der Waals surface area contributed by atoms with Gasteiger partial charge in [-0.25, -0.2) is 9.59 Å². The number of carbonyl (C=O) groups is 2. The first-order valence-electron chi connectivity index (χ1n) is 13.8. The Kier molecular flexibility index (Phi) is 18.3. The zero-order chi connectivity index (χ0) is 26.4. The number of unbranched alkanes of at least 4 members (excludes halogenated alkanes) is 10. The van der Waals surface area contributed by atoms with Crippen LogP contribution in [0, 0.1) is 0 Å². The van der Waals surface area contributed by atoms with E-state index in [1.807, 2.05) is 23.9 Å². The van der Waals surface area contributed by atoms with E-state index < -0.39 is 12.2 Å². The summed E-state index contributed by atoms with van der Waals surface area (Å²) in [6.07, 6.45) is 13.8. The Bertz CT molecular complexity index is 661. The second kappa shape index (κ2) is 20.8. The highest BCUT2D eigenvalue weighted by Crippen LogP contribution is 2.16. The average molecular weight is 507 g/mol. The molecule has 0 aromatic heterocycles. The van der Waals surface area contributed by atoms with Gasteiger partial charge in [-0.2, -0.15) is 0 Å². The summed E-state index contributed by atoms with van der Waals surface area (Å²) in [7, 11) is 3.89. The lowest BCUT2D eigenvalue weighted by Gasteiger charge is -2.17. The summed E-state index contributed by atoms with van der Waals surface area (Å²) < 4.78 is 10.6. The van der Waals surface area contributed by atoms with Gasteiger partial charge in [-0.3, -0.25) is 20.4 Å². The van der Waals surface area contributed by atoms with Crippen molar-refractivity contribution in [3.63, 3.8) is 0 Å². The van der Waals surface area contributed by atoms with E-state index >= 15 is 0 Å². The molecule has 8 heteroatoms. The van der Waals surface area contributed by atoms with E-state index in [9.17, 15) is 9.59 Å². The SMILES string of the molecule is CCCCCCCCN(C)COC(=O)Nc1cccc(NC(=O)OCN(C)CCCCCCCC)c1. The molecule has 8 nitrogen and oxygen atoms in total. The molecular formula is C28H50N4O4. The van der Waals surface area contributed by atoms with Gasteiger partial charge in [0.05, 0.1) is 0 Å². The Labute approximate surface area is 219 Å². The van der Waals surface area contributed by atoms with Crippen LogP contribution >= 0.6 is 0 Å². The summed E-state index contributed by atoms with van der Waals surface area (Å²) in [6.45, 7) is 6.70. The average Bonchev–Trinajstić information content (AvgIpc) is 2.86. The summed E-state index contributed by atoms with van der Waals surface area (Å²) in [4.78, 5) is 28.3. The third kappa shape index (κ3) is 17.2. The number of anilines is 2. The molecule has 36 heavy (non-hydrogen) atoms. The number of hydrogen-bond acceptors (Lipinski definition) is 6. The van der Waals surface area contributed by atoms with Crippen LogP contribution in [0.15, 0.2) is 24.3 Å². The standard InChI is InChI=1S/C28H50N4O4/c1-5-7-9-11-13-15-20-31(3)23-35-27(33)29-25-18-17-19-26(22-25)30-28(34)36-24-32(4)21-16-14-12-10-8-6-2/h17-19,22H,5-16,20-21,23-24H2,1-4H3,(H,29,33)(H,30,34). The van der Waals surface area contributed by atoms with E-state index in [4.69, 9.17) is 9.47 Å². The molecule has 0 heterocycles. The number of hydrogen-bond donors (Lipinski definition) is 2. The summed E-state index contributed by atoms with van der Waals surface area (Å²) >= 11 is 0. The van der Waals surface area contributed by atoms with Crippen LogP contribution in [0.5, 0.6) is 0 Å². The Morgan fingerprint density at radius 2 is 1.06 bits per heavy atom. The van der Waals surface area contributed by atoms with Crippen LogP contribution in [0.1, 0.15) is 90.9 Å². The summed E-state index contributed by atoms with van der Waals surface area (Å²) in [5, 5.41) is 5.41. The van der Waals surface area contributed by atoms with Gasteiger partial charge >= 0.3 is 12.2 Å². The van der Waals surface area contributed by atoms with Crippen molar-refractivity contribution in [3.05, 3.63) is 24.3 Å². The number of carbonyl (C=O) groups excluding carboxylic acids is 2. The summed E-state index contributed by atoms with van der Waals surface area (Å²) in [6, 6.07) is 6.90. The van der Waals surface area contributed by atoms with Crippen molar-refractivity contribution in [2.24, 2.45) is 0 Å². The van der Waals surface area contributed by atoms with E-state index in [1.165, 1.54) is 64.2 Å². The molecule has 2 amide bonds. The Morgan fingerprint density at radius 1 is 0.667 bits per heavy atom. The minimum atomic E-state index is -0.527. The quantitative estimate of drug-likeness (QED) is 0.143. The van der Waals surface area contributed by atoms with Crippen LogP contribution in [0.2, 0.25) is 0 Å². The number of benzene rings is 1. The number of amides is 2. The van der Waals surface area contributed by atoms with Crippen LogP contribution < -0.4 is 10.6 Å². The second-order valence-corrected chi connectivity index (χ2v) is 9.65. The molecule has 2 N–H and O–H groups in total. The summed E-state index contributed by atoms with van der Waals surface area (Å²) in [5.74, 6) is 0. The van der Waals surface area contributed by atoms with Gasteiger partial charge in [-0.15, -0.1) is 0 Å². The molecule has 0 atom stereocenters. The molecule has 1 aromatic rings. The van der Waals surface area contributed by atoms with Gasteiger partial charge in [0.1, 0.15) is 13.5 Å². The number of ether oxygens (including phenoxy) is 2. The number of rotatable bonds is 20. The van der Waals surface area contributed by atoms with Crippen LogP contribution in [-0.4, -0.2) is 62.6 Å². The maximum atomic E-state index is 12.2. The number of nitrogens with zero attached hydrogens (tertiary/aromatic N) is 2. The zero-order valence-corrected chi connectivity index (χ0v) is 23.2. The molecule has 1 rings (SSSR count). The van der Waals surface area contributed by atoms with Gasteiger partial charge in [0, 0.05) is 24.5 Å². The molecule has 0 fully saturated rings. The molecular weight excluding hydrogens is 456 g/mol. The molecule has 0 saturated heterocycles. The highest BCUT2D eigenvalue weighted by atomic mass is 16.6. The Hall–Kier alpha value is -2.32. The third-order valence-corrected chi connectivity index (χ3v) is 5.97. The molecule has 0 aliphatic rings. The van der Waals surface area contributed by atoms with Crippen molar-refractivity contribution in [2.75, 3.05) is 51.3 Å². The fourth-order valence-corrected chi connectivity index (χ4v) is 3.77. The Morgan fingerprint density at radius 3 is 1.47 bits per heavy atom. The maximum absolute atomic E-state index is 12.2. The van der Waals surface area contributed by atoms with Crippen LogP contribution in [0.25, 0.3) is 0 Å². The minimum Gasteiger partial charge on any atom is -0.433 e. The van der Waals surface area contributed by atoms with Crippen molar-refractivity contribution < 1.29 is 19.1 Å². The van der Waals surface area contributed by atoms with E-state index in [-0.39, 0.29) is 13.5 Å². The highest BCUT2D eigenvalue weighted by molar-refractivity contribution is 5.88. The highest BCUT2D eigenvalue weighted by Gasteiger charge is 2.09. The normalized spacial score (nSPS) is 11.1. The van der Waals surface area contributed by atoms with Crippen LogP contribution in [0.3, 0.4) is 0 Å². The molecule has 0 aliphatic heterocycles. The monoisotopic (exact) mass is 506 g/mol. The largest absolute Gasteiger partial charge is 0.433 e. The molecule has 0 saturated carbocycles. The van der Waals surface area contributed by atoms with E-state index in [0.29, 0.717) is 11.4 Å². The van der Waals surface area contributed by atoms with Crippen molar-refractivity contribution in [2.45, 2.75) is 90.9 Å². The van der Waals surface area contributed by atoms with Crippen molar-refractivity contribution in [1.82, 2.24) is 9.80 Å². The molecule has 0 unspecified atom stereocenters. The molecule has 0 spiro atoms. The van der Waals surface area contributed by atoms with Crippen molar-refractivity contribution in [3.8, 4) is 0 Å². The van der Waals surface area contributed by atoms with Crippen LogP contribution in [0.4, 0.5) is 21.0 Å². The van der Waals surface area contributed by atoms with Gasteiger partial charge in [0.15, 0.2) is 0 Å². The first kappa shape index (κ1) is 31.7.